The van der Waals surface area contributed by atoms with Crippen molar-refractivity contribution in [3.8, 4) is 17.1 Å². The molecular formula is C26H32N4O2. The molecule has 1 aromatic heterocycles. The summed E-state index contributed by atoms with van der Waals surface area (Å²) in [5.41, 5.74) is 5.80. The van der Waals surface area contributed by atoms with E-state index in [-0.39, 0.29) is 5.91 Å². The van der Waals surface area contributed by atoms with Gasteiger partial charge in [-0.05, 0) is 67.0 Å². The monoisotopic (exact) mass is 432 g/mol. The fraction of sp³-hybridized carbons (Fsp3) is 0.538. The van der Waals surface area contributed by atoms with E-state index >= 15 is 0 Å². The lowest BCUT2D eigenvalue weighted by atomic mass is 9.63. The van der Waals surface area contributed by atoms with Crippen molar-refractivity contribution in [2.75, 3.05) is 33.3 Å². The zero-order valence-electron chi connectivity index (χ0n) is 18.9. The summed E-state index contributed by atoms with van der Waals surface area (Å²) in [6.45, 7) is 6.03. The van der Waals surface area contributed by atoms with Gasteiger partial charge in [0, 0.05) is 56.0 Å². The van der Waals surface area contributed by atoms with Crippen LogP contribution in [0.25, 0.3) is 11.3 Å². The Morgan fingerprint density at radius 2 is 2.06 bits per heavy atom. The Morgan fingerprint density at radius 3 is 2.78 bits per heavy atom. The van der Waals surface area contributed by atoms with Gasteiger partial charge in [0.15, 0.2) is 0 Å². The van der Waals surface area contributed by atoms with Crippen molar-refractivity contribution in [2.45, 2.75) is 51.2 Å². The van der Waals surface area contributed by atoms with E-state index in [1.54, 1.807) is 7.11 Å². The van der Waals surface area contributed by atoms with Gasteiger partial charge in [-0.15, -0.1) is 0 Å². The fourth-order valence-electron chi connectivity index (χ4n) is 6.07. The molecule has 1 spiro atoms. The van der Waals surface area contributed by atoms with Gasteiger partial charge in [0.05, 0.1) is 12.8 Å². The molecule has 32 heavy (non-hydrogen) atoms. The van der Waals surface area contributed by atoms with Crippen molar-refractivity contribution in [2.24, 2.45) is 5.41 Å². The molecule has 1 atom stereocenters. The number of carbonyl (C=O) groups excluding carboxylic acids is 1. The first-order valence-electron chi connectivity index (χ1n) is 12.0. The zero-order chi connectivity index (χ0) is 21.7. The third-order valence-electron chi connectivity index (χ3n) is 7.95. The molecule has 4 heterocycles. The van der Waals surface area contributed by atoms with Gasteiger partial charge < -0.3 is 15.0 Å². The lowest BCUT2D eigenvalue weighted by Crippen LogP contribution is -2.58. The fourth-order valence-corrected chi connectivity index (χ4v) is 6.07. The van der Waals surface area contributed by atoms with E-state index in [2.05, 4.69) is 28.4 Å². The number of likely N-dealkylation sites (tertiary alicyclic amines) is 1. The van der Waals surface area contributed by atoms with Crippen molar-refractivity contribution in [1.82, 2.24) is 20.1 Å². The minimum Gasteiger partial charge on any atom is -0.481 e. The molecule has 168 valence electrons. The van der Waals surface area contributed by atoms with Gasteiger partial charge in [-0.2, -0.15) is 0 Å². The van der Waals surface area contributed by atoms with Gasteiger partial charge in [0.1, 0.15) is 0 Å². The topological polar surface area (TPSA) is 57.7 Å². The first-order chi connectivity index (χ1) is 15.6. The number of methoxy groups -OCH3 is 1. The van der Waals surface area contributed by atoms with Crippen molar-refractivity contribution in [3.05, 3.63) is 47.0 Å². The molecule has 2 aromatic rings. The van der Waals surface area contributed by atoms with Crippen LogP contribution in [0, 0.1) is 5.41 Å². The highest BCUT2D eigenvalue weighted by Crippen LogP contribution is 2.48. The first-order valence-corrected chi connectivity index (χ1v) is 12.0. The summed E-state index contributed by atoms with van der Waals surface area (Å²) >= 11 is 0. The van der Waals surface area contributed by atoms with Crippen LogP contribution in [0.3, 0.4) is 0 Å². The predicted molar refractivity (Wildman–Crippen MR) is 124 cm³/mol. The van der Waals surface area contributed by atoms with Crippen molar-refractivity contribution >= 4 is 5.91 Å². The van der Waals surface area contributed by atoms with E-state index in [1.165, 1.54) is 37.9 Å². The van der Waals surface area contributed by atoms with Gasteiger partial charge >= 0.3 is 0 Å². The minimum atomic E-state index is 0.169. The third kappa shape index (κ3) is 3.50. The average molecular weight is 433 g/mol. The molecule has 2 saturated heterocycles. The van der Waals surface area contributed by atoms with E-state index < -0.39 is 0 Å². The quantitative estimate of drug-likeness (QED) is 0.784. The predicted octanol–water partition coefficient (Wildman–Crippen LogP) is 3.45. The Morgan fingerprint density at radius 1 is 1.19 bits per heavy atom. The molecule has 1 saturated carbocycles. The Balaban J connectivity index is 1.23. The third-order valence-corrected chi connectivity index (χ3v) is 7.95. The molecule has 1 aliphatic carbocycles. The highest BCUT2D eigenvalue weighted by molar-refractivity contribution is 5.99. The zero-order valence-corrected chi connectivity index (χ0v) is 18.9. The number of rotatable bonds is 5. The van der Waals surface area contributed by atoms with Crippen LogP contribution in [-0.2, 0) is 13.1 Å². The van der Waals surface area contributed by atoms with Crippen LogP contribution in [0.2, 0.25) is 0 Å². The van der Waals surface area contributed by atoms with Gasteiger partial charge in [-0.25, -0.2) is 4.98 Å². The number of hydrogen-bond donors (Lipinski definition) is 1. The summed E-state index contributed by atoms with van der Waals surface area (Å²) in [4.78, 5) is 22.3. The van der Waals surface area contributed by atoms with Gasteiger partial charge in [-0.1, -0.05) is 12.5 Å². The number of piperidine rings is 1. The molecule has 1 amide bonds. The van der Waals surface area contributed by atoms with Crippen LogP contribution in [0.4, 0.5) is 0 Å². The van der Waals surface area contributed by atoms with Crippen LogP contribution < -0.4 is 10.1 Å². The maximum absolute atomic E-state index is 13.0. The van der Waals surface area contributed by atoms with Gasteiger partial charge in [-0.3, -0.25) is 9.69 Å². The maximum atomic E-state index is 13.0. The van der Waals surface area contributed by atoms with E-state index in [0.29, 0.717) is 23.9 Å². The molecule has 1 unspecified atom stereocenters. The molecule has 0 radical (unpaired) electrons. The summed E-state index contributed by atoms with van der Waals surface area (Å²) in [7, 11) is 1.68. The molecule has 6 heteroatoms. The molecule has 1 aromatic carbocycles. The number of hydrogen-bond acceptors (Lipinski definition) is 5. The molecule has 3 aliphatic heterocycles. The number of benzene rings is 1. The van der Waals surface area contributed by atoms with Gasteiger partial charge in [0.25, 0.3) is 5.91 Å². The number of carbonyl (C=O) groups is 1. The van der Waals surface area contributed by atoms with Crippen LogP contribution in [0.1, 0.15) is 53.6 Å². The van der Waals surface area contributed by atoms with Crippen LogP contribution >= 0.6 is 0 Å². The molecule has 3 fully saturated rings. The summed E-state index contributed by atoms with van der Waals surface area (Å²) in [5, 5.41) is 3.43. The Labute approximate surface area is 190 Å². The number of nitrogens with one attached hydrogen (secondary N) is 1. The summed E-state index contributed by atoms with van der Waals surface area (Å²) < 4.78 is 5.53. The molecule has 4 aliphatic rings. The number of ether oxygens (including phenoxy) is 1. The van der Waals surface area contributed by atoms with Crippen molar-refractivity contribution in [1.29, 1.82) is 0 Å². The maximum Gasteiger partial charge on any atom is 0.254 e. The average Bonchev–Trinajstić information content (AvgIpc) is 3.11. The van der Waals surface area contributed by atoms with E-state index in [4.69, 9.17) is 9.72 Å². The number of amides is 1. The normalized spacial score (nSPS) is 24.2. The van der Waals surface area contributed by atoms with E-state index in [1.807, 2.05) is 17.0 Å². The molecular weight excluding hydrogens is 400 g/mol. The largest absolute Gasteiger partial charge is 0.481 e. The number of aromatic nitrogens is 1. The Bertz CT molecular complexity index is 1030. The van der Waals surface area contributed by atoms with E-state index in [9.17, 15) is 4.79 Å². The number of fused-ring (bicyclic) bond motifs is 1. The molecule has 6 nitrogen and oxygen atoms in total. The molecule has 6 rings (SSSR count). The van der Waals surface area contributed by atoms with Gasteiger partial charge in [0.2, 0.25) is 5.88 Å². The molecule has 1 N–H and O–H groups in total. The summed E-state index contributed by atoms with van der Waals surface area (Å²) in [6.07, 6.45) is 6.41. The standard InChI is InChI=1S/C26H32N4O2/c1-32-24-11-18(14-29-16-26(17-29)7-3-8-26)10-23(28-24)19-5-6-22-20(12-19)15-30(25(22)31)21-4-2-9-27-13-21/h5-6,10-12,21,27H,2-4,7-9,13-17H2,1H3. The number of pyridine rings is 1. The van der Waals surface area contributed by atoms with Crippen molar-refractivity contribution in [3.63, 3.8) is 0 Å². The second-order valence-corrected chi connectivity index (χ2v) is 10.2. The Kier molecular flexibility index (Phi) is 4.95. The highest BCUT2D eigenvalue weighted by Gasteiger charge is 2.46. The second kappa shape index (κ2) is 7.85. The van der Waals surface area contributed by atoms with Crippen LogP contribution in [-0.4, -0.2) is 60.0 Å². The summed E-state index contributed by atoms with van der Waals surface area (Å²) in [5.74, 6) is 0.824. The summed E-state index contributed by atoms with van der Waals surface area (Å²) in [6, 6.07) is 10.7. The SMILES string of the molecule is COc1cc(CN2CC3(CCC3)C2)cc(-c2ccc3c(c2)CN(C2CCCNC2)C3=O)n1. The van der Waals surface area contributed by atoms with E-state index in [0.717, 1.165) is 54.9 Å². The second-order valence-electron chi connectivity index (χ2n) is 10.2. The lowest BCUT2D eigenvalue weighted by Gasteiger charge is -2.56. The smallest absolute Gasteiger partial charge is 0.254 e. The molecule has 0 bridgehead atoms. The highest BCUT2D eigenvalue weighted by atomic mass is 16.5. The van der Waals surface area contributed by atoms with Crippen molar-refractivity contribution < 1.29 is 9.53 Å². The minimum absolute atomic E-state index is 0.169. The lowest BCUT2D eigenvalue weighted by molar-refractivity contribution is -0.0645. The Hall–Kier alpha value is -2.44. The first kappa shape index (κ1) is 20.2. The van der Waals surface area contributed by atoms with Crippen LogP contribution in [0.5, 0.6) is 5.88 Å². The van der Waals surface area contributed by atoms with Crippen LogP contribution in [0.15, 0.2) is 30.3 Å². The number of nitrogens with zero attached hydrogens (tertiary/aromatic N) is 3.